The van der Waals surface area contributed by atoms with E-state index < -0.39 is 0 Å². The molecular weight excluding hydrogens is 394 g/mol. The molecule has 0 saturated heterocycles. The molecule has 134 valence electrons. The van der Waals surface area contributed by atoms with Crippen molar-refractivity contribution in [3.05, 3.63) is 69.4 Å². The van der Waals surface area contributed by atoms with Crippen LogP contribution in [-0.4, -0.2) is 11.7 Å². The molecule has 5 heteroatoms. The summed E-state index contributed by atoms with van der Waals surface area (Å²) in [4.78, 5) is 24.2. The molecule has 2 aromatic carbocycles. The van der Waals surface area contributed by atoms with Crippen molar-refractivity contribution in [1.29, 1.82) is 0 Å². The van der Waals surface area contributed by atoms with Crippen LogP contribution in [0.1, 0.15) is 54.1 Å². The summed E-state index contributed by atoms with van der Waals surface area (Å²) in [5, 5.41) is 3.79. The molecule has 3 aromatic rings. The molecule has 4 nitrogen and oxygen atoms in total. The highest BCUT2D eigenvalue weighted by molar-refractivity contribution is 9.10. The fourth-order valence-corrected chi connectivity index (χ4v) is 3.46. The van der Waals surface area contributed by atoms with Gasteiger partial charge in [0.25, 0.3) is 0 Å². The first-order chi connectivity index (χ1) is 12.4. The summed E-state index contributed by atoms with van der Waals surface area (Å²) in [6.07, 6.45) is 0.710. The number of aryl methyl sites for hydroxylation is 1. The molecule has 26 heavy (non-hydrogen) atoms. The van der Waals surface area contributed by atoms with E-state index in [1.807, 2.05) is 44.2 Å². The zero-order chi connectivity index (χ0) is 18.8. The highest BCUT2D eigenvalue weighted by Crippen LogP contribution is 2.30. The van der Waals surface area contributed by atoms with E-state index in [9.17, 15) is 9.59 Å². The number of halogens is 1. The molecule has 0 aliphatic carbocycles. The van der Waals surface area contributed by atoms with Crippen molar-refractivity contribution >= 4 is 38.6 Å². The molecule has 0 spiro atoms. The van der Waals surface area contributed by atoms with Crippen LogP contribution >= 0.6 is 15.9 Å². The first-order valence-corrected chi connectivity index (χ1v) is 9.32. The SMILES string of the molecule is CCc1c(C(=O)c2ccc([C@H](C)NC(C)=O)cc2)oc2ccc(Br)cc12. The van der Waals surface area contributed by atoms with Gasteiger partial charge in [-0.05, 0) is 37.1 Å². The Labute approximate surface area is 160 Å². The fourth-order valence-electron chi connectivity index (χ4n) is 3.10. The van der Waals surface area contributed by atoms with Gasteiger partial charge in [0.15, 0.2) is 5.76 Å². The monoisotopic (exact) mass is 413 g/mol. The Morgan fingerprint density at radius 1 is 1.15 bits per heavy atom. The topological polar surface area (TPSA) is 59.3 Å². The van der Waals surface area contributed by atoms with E-state index in [2.05, 4.69) is 21.2 Å². The molecule has 0 aliphatic heterocycles. The largest absolute Gasteiger partial charge is 0.452 e. The minimum atomic E-state index is -0.132. The molecule has 1 N–H and O–H groups in total. The van der Waals surface area contributed by atoms with E-state index in [1.54, 1.807) is 12.1 Å². The van der Waals surface area contributed by atoms with Crippen LogP contribution in [0.2, 0.25) is 0 Å². The maximum Gasteiger partial charge on any atom is 0.228 e. The predicted octanol–water partition coefficient (Wildman–Crippen LogP) is 5.19. The number of rotatable bonds is 5. The van der Waals surface area contributed by atoms with Gasteiger partial charge >= 0.3 is 0 Å². The molecule has 1 amide bonds. The lowest BCUT2D eigenvalue weighted by Gasteiger charge is -2.13. The van der Waals surface area contributed by atoms with Crippen LogP contribution in [0.3, 0.4) is 0 Å². The maximum atomic E-state index is 13.0. The van der Waals surface area contributed by atoms with Crippen molar-refractivity contribution in [3.8, 4) is 0 Å². The lowest BCUT2D eigenvalue weighted by Crippen LogP contribution is -2.23. The maximum absolute atomic E-state index is 13.0. The van der Waals surface area contributed by atoms with E-state index >= 15 is 0 Å². The average Bonchev–Trinajstić information content (AvgIpc) is 2.98. The van der Waals surface area contributed by atoms with Gasteiger partial charge in [-0.3, -0.25) is 9.59 Å². The van der Waals surface area contributed by atoms with Crippen LogP contribution in [0, 0.1) is 0 Å². The number of carbonyl (C=O) groups is 2. The van der Waals surface area contributed by atoms with Crippen LogP contribution in [0.15, 0.2) is 51.4 Å². The molecule has 0 radical (unpaired) electrons. The van der Waals surface area contributed by atoms with E-state index in [0.29, 0.717) is 23.3 Å². The minimum absolute atomic E-state index is 0.0846. The van der Waals surface area contributed by atoms with Crippen molar-refractivity contribution in [1.82, 2.24) is 5.32 Å². The average molecular weight is 414 g/mol. The molecule has 1 aromatic heterocycles. The van der Waals surface area contributed by atoms with Crippen molar-refractivity contribution < 1.29 is 14.0 Å². The zero-order valence-electron chi connectivity index (χ0n) is 14.9. The van der Waals surface area contributed by atoms with Gasteiger partial charge < -0.3 is 9.73 Å². The number of fused-ring (bicyclic) bond motifs is 1. The molecule has 1 atom stereocenters. The number of hydrogen-bond acceptors (Lipinski definition) is 3. The molecule has 3 rings (SSSR count). The molecule has 0 aliphatic rings. The molecule has 0 unspecified atom stereocenters. The van der Waals surface area contributed by atoms with Gasteiger partial charge in [-0.15, -0.1) is 0 Å². The number of carbonyl (C=O) groups excluding carboxylic acids is 2. The van der Waals surface area contributed by atoms with Crippen molar-refractivity contribution in [2.24, 2.45) is 0 Å². The van der Waals surface area contributed by atoms with Crippen molar-refractivity contribution in [2.75, 3.05) is 0 Å². The van der Waals surface area contributed by atoms with Gasteiger partial charge in [0.1, 0.15) is 5.58 Å². The highest BCUT2D eigenvalue weighted by atomic mass is 79.9. The molecule has 0 bridgehead atoms. The lowest BCUT2D eigenvalue weighted by atomic mass is 10.00. The second-order valence-corrected chi connectivity index (χ2v) is 7.19. The Bertz CT molecular complexity index is 973. The van der Waals surface area contributed by atoms with E-state index in [-0.39, 0.29) is 17.7 Å². The smallest absolute Gasteiger partial charge is 0.228 e. The van der Waals surface area contributed by atoms with Gasteiger partial charge in [-0.1, -0.05) is 47.1 Å². The Kier molecular flexibility index (Phi) is 5.28. The third-order valence-corrected chi connectivity index (χ3v) is 4.90. The number of hydrogen-bond donors (Lipinski definition) is 1. The van der Waals surface area contributed by atoms with Crippen molar-refractivity contribution in [2.45, 2.75) is 33.2 Å². The van der Waals surface area contributed by atoms with E-state index in [4.69, 9.17) is 4.42 Å². The molecule has 0 fully saturated rings. The first-order valence-electron chi connectivity index (χ1n) is 8.53. The third kappa shape index (κ3) is 3.58. The van der Waals surface area contributed by atoms with Gasteiger partial charge in [-0.2, -0.15) is 0 Å². The van der Waals surface area contributed by atoms with Crippen molar-refractivity contribution in [3.63, 3.8) is 0 Å². The van der Waals surface area contributed by atoms with Crippen LogP contribution in [0.4, 0.5) is 0 Å². The molecular formula is C21H20BrNO3. The summed E-state index contributed by atoms with van der Waals surface area (Å²) < 4.78 is 6.82. The third-order valence-electron chi connectivity index (χ3n) is 4.41. The number of amides is 1. The summed E-state index contributed by atoms with van der Waals surface area (Å²) in [5.74, 6) is 0.176. The van der Waals surface area contributed by atoms with Crippen LogP contribution < -0.4 is 5.32 Å². The lowest BCUT2D eigenvalue weighted by molar-refractivity contribution is -0.119. The number of benzene rings is 2. The Balaban J connectivity index is 1.94. The fraction of sp³-hybridized carbons (Fsp3) is 0.238. The summed E-state index contributed by atoms with van der Waals surface area (Å²) in [6, 6.07) is 12.9. The Hall–Kier alpha value is -2.40. The Morgan fingerprint density at radius 3 is 2.46 bits per heavy atom. The normalized spacial score (nSPS) is 12.2. The highest BCUT2D eigenvalue weighted by Gasteiger charge is 2.21. The van der Waals surface area contributed by atoms with E-state index in [0.717, 1.165) is 21.0 Å². The summed E-state index contributed by atoms with van der Waals surface area (Å²) >= 11 is 3.47. The van der Waals surface area contributed by atoms with Gasteiger partial charge in [0.2, 0.25) is 11.7 Å². The summed E-state index contributed by atoms with van der Waals surface area (Å²) in [6.45, 7) is 5.41. The number of furan rings is 1. The quantitative estimate of drug-likeness (QED) is 0.585. The standard InChI is InChI=1S/C21H20BrNO3/c1-4-17-18-11-16(22)9-10-19(18)26-21(17)20(25)15-7-5-14(6-8-15)12(2)23-13(3)24/h5-12H,4H2,1-3H3,(H,23,24)/t12-/m0/s1. The van der Waals surface area contributed by atoms with Gasteiger partial charge in [0.05, 0.1) is 6.04 Å². The molecule has 0 saturated carbocycles. The van der Waals surface area contributed by atoms with Crippen LogP contribution in [0.25, 0.3) is 11.0 Å². The second kappa shape index (κ2) is 7.46. The minimum Gasteiger partial charge on any atom is -0.452 e. The zero-order valence-corrected chi connectivity index (χ0v) is 16.5. The predicted molar refractivity (Wildman–Crippen MR) is 105 cm³/mol. The number of nitrogens with one attached hydrogen (secondary N) is 1. The van der Waals surface area contributed by atoms with Gasteiger partial charge in [0, 0.05) is 27.9 Å². The van der Waals surface area contributed by atoms with Crippen LogP contribution in [-0.2, 0) is 11.2 Å². The van der Waals surface area contributed by atoms with Gasteiger partial charge in [-0.25, -0.2) is 0 Å². The molecule has 1 heterocycles. The second-order valence-electron chi connectivity index (χ2n) is 6.28. The Morgan fingerprint density at radius 2 is 1.85 bits per heavy atom. The first kappa shape index (κ1) is 18.4. The summed E-state index contributed by atoms with van der Waals surface area (Å²) in [7, 11) is 0. The van der Waals surface area contributed by atoms with Crippen LogP contribution in [0.5, 0.6) is 0 Å². The van der Waals surface area contributed by atoms with E-state index in [1.165, 1.54) is 6.92 Å². The number of ketones is 1. The summed E-state index contributed by atoms with van der Waals surface area (Å²) in [5.41, 5.74) is 3.14.